The molecule has 0 amide bonds. The molecular formula is C16H21N3O2. The van der Waals surface area contributed by atoms with Gasteiger partial charge in [-0.15, -0.1) is 0 Å². The zero-order valence-corrected chi connectivity index (χ0v) is 12.3. The smallest absolute Gasteiger partial charge is 0.161 e. The first-order chi connectivity index (χ1) is 10.3. The van der Waals surface area contributed by atoms with Crippen molar-refractivity contribution in [2.45, 2.75) is 19.1 Å². The predicted octanol–water partition coefficient (Wildman–Crippen LogP) is 2.04. The van der Waals surface area contributed by atoms with Crippen LogP contribution in [0.2, 0.25) is 0 Å². The van der Waals surface area contributed by atoms with E-state index in [-0.39, 0.29) is 6.10 Å². The summed E-state index contributed by atoms with van der Waals surface area (Å²) in [7, 11) is 2.12. The quantitative estimate of drug-likeness (QED) is 0.815. The Morgan fingerprint density at radius 1 is 1.33 bits per heavy atom. The zero-order valence-electron chi connectivity index (χ0n) is 12.3. The number of aryl methyl sites for hydroxylation is 1. The Labute approximate surface area is 125 Å². The third kappa shape index (κ3) is 3.76. The molecule has 112 valence electrons. The Bertz CT molecular complexity index is 556. The first-order valence-electron chi connectivity index (χ1n) is 7.34. The number of aromatic nitrogens is 2. The Kier molecular flexibility index (Phi) is 4.40. The Morgan fingerprint density at radius 3 is 3.00 bits per heavy atom. The van der Waals surface area contributed by atoms with Crippen molar-refractivity contribution in [2.75, 3.05) is 26.7 Å². The SMILES string of the molecule is CN(CCCn1ccnc1)CC1COc2ccccc2O1. The van der Waals surface area contributed by atoms with Crippen LogP contribution in [-0.2, 0) is 6.54 Å². The van der Waals surface area contributed by atoms with Crippen molar-refractivity contribution in [1.82, 2.24) is 14.5 Å². The molecule has 21 heavy (non-hydrogen) atoms. The molecule has 2 heterocycles. The molecule has 3 rings (SSSR count). The molecule has 0 bridgehead atoms. The molecule has 1 unspecified atom stereocenters. The molecule has 1 aromatic carbocycles. The van der Waals surface area contributed by atoms with E-state index in [0.29, 0.717) is 6.61 Å². The van der Waals surface area contributed by atoms with Crippen molar-refractivity contribution in [3.63, 3.8) is 0 Å². The van der Waals surface area contributed by atoms with Crippen molar-refractivity contribution in [3.8, 4) is 11.5 Å². The predicted molar refractivity (Wildman–Crippen MR) is 80.7 cm³/mol. The van der Waals surface area contributed by atoms with Crippen LogP contribution >= 0.6 is 0 Å². The number of rotatable bonds is 6. The number of fused-ring (bicyclic) bond motifs is 1. The van der Waals surface area contributed by atoms with Crippen molar-refractivity contribution in [1.29, 1.82) is 0 Å². The molecule has 1 atom stereocenters. The molecule has 5 heteroatoms. The highest BCUT2D eigenvalue weighted by Gasteiger charge is 2.21. The van der Waals surface area contributed by atoms with Gasteiger partial charge in [-0.2, -0.15) is 0 Å². The second-order valence-corrected chi connectivity index (χ2v) is 5.41. The molecule has 1 aromatic heterocycles. The fourth-order valence-electron chi connectivity index (χ4n) is 2.53. The Hall–Kier alpha value is -2.01. The lowest BCUT2D eigenvalue weighted by Crippen LogP contribution is -2.39. The van der Waals surface area contributed by atoms with Gasteiger partial charge in [-0.1, -0.05) is 12.1 Å². The van der Waals surface area contributed by atoms with Gasteiger partial charge in [0.2, 0.25) is 0 Å². The molecule has 0 saturated heterocycles. The van der Waals surface area contributed by atoms with Gasteiger partial charge in [-0.25, -0.2) is 4.98 Å². The number of likely N-dealkylation sites (N-methyl/N-ethyl adjacent to an activating group) is 1. The lowest BCUT2D eigenvalue weighted by Gasteiger charge is -2.29. The van der Waals surface area contributed by atoms with E-state index in [1.54, 1.807) is 0 Å². The lowest BCUT2D eigenvalue weighted by atomic mass is 10.2. The van der Waals surface area contributed by atoms with E-state index >= 15 is 0 Å². The van der Waals surface area contributed by atoms with E-state index in [0.717, 1.165) is 37.6 Å². The summed E-state index contributed by atoms with van der Waals surface area (Å²) in [5.74, 6) is 1.69. The van der Waals surface area contributed by atoms with Gasteiger partial charge in [0.25, 0.3) is 0 Å². The second-order valence-electron chi connectivity index (χ2n) is 5.41. The van der Waals surface area contributed by atoms with Crippen LogP contribution in [0.25, 0.3) is 0 Å². The first-order valence-corrected chi connectivity index (χ1v) is 7.34. The van der Waals surface area contributed by atoms with Crippen LogP contribution in [0.5, 0.6) is 11.5 Å². The third-order valence-electron chi connectivity index (χ3n) is 3.60. The van der Waals surface area contributed by atoms with Gasteiger partial charge in [0.15, 0.2) is 11.5 Å². The first kappa shape index (κ1) is 13.9. The molecular weight excluding hydrogens is 266 g/mol. The summed E-state index contributed by atoms with van der Waals surface area (Å²) >= 11 is 0. The van der Waals surface area contributed by atoms with E-state index in [9.17, 15) is 0 Å². The van der Waals surface area contributed by atoms with Crippen LogP contribution in [0.15, 0.2) is 43.0 Å². The standard InChI is InChI=1S/C16H21N3O2/c1-18(8-4-9-19-10-7-17-13-19)11-14-12-20-15-5-2-3-6-16(15)21-14/h2-3,5-7,10,13-14H,4,8-9,11-12H2,1H3. The number of benzene rings is 1. The molecule has 0 N–H and O–H groups in total. The van der Waals surface area contributed by atoms with Crippen LogP contribution in [0.1, 0.15) is 6.42 Å². The summed E-state index contributed by atoms with van der Waals surface area (Å²) in [5.41, 5.74) is 0. The fraction of sp³-hybridized carbons (Fsp3) is 0.438. The number of hydrogen-bond donors (Lipinski definition) is 0. The van der Waals surface area contributed by atoms with E-state index in [4.69, 9.17) is 9.47 Å². The van der Waals surface area contributed by atoms with Gasteiger partial charge in [0.05, 0.1) is 6.33 Å². The normalized spacial score (nSPS) is 17.1. The van der Waals surface area contributed by atoms with Crippen molar-refractivity contribution in [2.24, 2.45) is 0 Å². The van der Waals surface area contributed by atoms with Crippen molar-refractivity contribution >= 4 is 0 Å². The molecule has 0 fully saturated rings. The molecule has 1 aliphatic heterocycles. The minimum Gasteiger partial charge on any atom is -0.486 e. The molecule has 0 radical (unpaired) electrons. The number of ether oxygens (including phenoxy) is 2. The van der Waals surface area contributed by atoms with E-state index in [1.807, 2.05) is 43.0 Å². The van der Waals surface area contributed by atoms with E-state index < -0.39 is 0 Å². The van der Waals surface area contributed by atoms with Gasteiger partial charge in [0, 0.05) is 25.5 Å². The molecule has 0 spiro atoms. The van der Waals surface area contributed by atoms with Crippen molar-refractivity contribution < 1.29 is 9.47 Å². The highest BCUT2D eigenvalue weighted by atomic mass is 16.6. The molecule has 5 nitrogen and oxygen atoms in total. The van der Waals surface area contributed by atoms with Gasteiger partial charge in [-0.3, -0.25) is 0 Å². The minimum atomic E-state index is 0.0955. The average molecular weight is 287 g/mol. The van der Waals surface area contributed by atoms with Crippen molar-refractivity contribution in [3.05, 3.63) is 43.0 Å². The van der Waals surface area contributed by atoms with Crippen LogP contribution in [0.4, 0.5) is 0 Å². The zero-order chi connectivity index (χ0) is 14.5. The maximum Gasteiger partial charge on any atom is 0.161 e. The largest absolute Gasteiger partial charge is 0.486 e. The average Bonchev–Trinajstić information content (AvgIpc) is 3.00. The lowest BCUT2D eigenvalue weighted by molar-refractivity contribution is 0.0650. The summed E-state index contributed by atoms with van der Waals surface area (Å²) in [4.78, 5) is 6.34. The molecule has 0 saturated carbocycles. The third-order valence-corrected chi connectivity index (χ3v) is 3.60. The van der Waals surface area contributed by atoms with Crippen LogP contribution in [0.3, 0.4) is 0 Å². The van der Waals surface area contributed by atoms with Gasteiger partial charge in [0.1, 0.15) is 12.7 Å². The van der Waals surface area contributed by atoms with Crippen LogP contribution < -0.4 is 9.47 Å². The highest BCUT2D eigenvalue weighted by Crippen LogP contribution is 2.30. The van der Waals surface area contributed by atoms with Gasteiger partial charge < -0.3 is 18.9 Å². The maximum absolute atomic E-state index is 5.97. The Balaban J connectivity index is 1.42. The fourth-order valence-corrected chi connectivity index (χ4v) is 2.53. The highest BCUT2D eigenvalue weighted by molar-refractivity contribution is 5.40. The summed E-state index contributed by atoms with van der Waals surface area (Å²) in [5, 5.41) is 0. The molecule has 1 aliphatic rings. The maximum atomic E-state index is 5.97. The summed E-state index contributed by atoms with van der Waals surface area (Å²) < 4.78 is 13.8. The summed E-state index contributed by atoms with van der Waals surface area (Å²) in [6.07, 6.45) is 6.85. The minimum absolute atomic E-state index is 0.0955. The van der Waals surface area contributed by atoms with Gasteiger partial charge in [-0.05, 0) is 32.1 Å². The number of hydrogen-bond acceptors (Lipinski definition) is 4. The number of para-hydroxylation sites is 2. The second kappa shape index (κ2) is 6.63. The van der Waals surface area contributed by atoms with Crippen LogP contribution in [0, 0.1) is 0 Å². The molecule has 0 aliphatic carbocycles. The Morgan fingerprint density at radius 2 is 2.19 bits per heavy atom. The van der Waals surface area contributed by atoms with Crippen LogP contribution in [-0.4, -0.2) is 47.3 Å². The van der Waals surface area contributed by atoms with E-state index in [1.165, 1.54) is 0 Å². The summed E-state index contributed by atoms with van der Waals surface area (Å²) in [6, 6.07) is 7.84. The van der Waals surface area contributed by atoms with E-state index in [2.05, 4.69) is 21.5 Å². The topological polar surface area (TPSA) is 39.5 Å². The van der Waals surface area contributed by atoms with Gasteiger partial charge >= 0.3 is 0 Å². The summed E-state index contributed by atoms with van der Waals surface area (Å²) in [6.45, 7) is 3.51. The number of nitrogens with zero attached hydrogens (tertiary/aromatic N) is 3. The number of imidazole rings is 1. The molecule has 2 aromatic rings. The monoisotopic (exact) mass is 287 g/mol.